The lowest BCUT2D eigenvalue weighted by atomic mass is 9.84. The highest BCUT2D eigenvalue weighted by Crippen LogP contribution is 2.43. The SMILES string of the molecule is O=C(OCc1ccccc1)C1CCCc2c1c1cccc(-c3ccccc3)c1n2C(=O)c1ccc(F)cc1. The topological polar surface area (TPSA) is 48.3 Å². The van der Waals surface area contributed by atoms with E-state index in [0.29, 0.717) is 18.4 Å². The van der Waals surface area contributed by atoms with Crippen LogP contribution in [-0.4, -0.2) is 16.4 Å². The van der Waals surface area contributed by atoms with E-state index in [2.05, 4.69) is 0 Å². The summed E-state index contributed by atoms with van der Waals surface area (Å²) in [5.41, 5.74) is 5.65. The summed E-state index contributed by atoms with van der Waals surface area (Å²) in [6.07, 6.45) is 2.07. The van der Waals surface area contributed by atoms with Crippen LogP contribution in [0.4, 0.5) is 4.39 Å². The second kappa shape index (κ2) is 10.1. The maximum Gasteiger partial charge on any atom is 0.313 e. The number of carbonyl (C=O) groups excluding carboxylic acids is 2. The van der Waals surface area contributed by atoms with E-state index in [-0.39, 0.29) is 18.5 Å². The Morgan fingerprint density at radius 3 is 2.29 bits per heavy atom. The Bertz CT molecular complexity index is 1620. The summed E-state index contributed by atoms with van der Waals surface area (Å²) in [5.74, 6) is -1.39. The first-order valence-corrected chi connectivity index (χ1v) is 12.8. The minimum absolute atomic E-state index is 0.202. The number of halogens is 1. The minimum atomic E-state index is -0.474. The molecule has 0 amide bonds. The smallest absolute Gasteiger partial charge is 0.313 e. The standard InChI is InChI=1S/C33H26FNO3/c34-25-19-17-24(18-20-25)32(36)35-29-16-8-15-28(33(37)38-21-22-9-3-1-4-10-22)30(29)27-14-7-13-26(31(27)35)23-11-5-2-6-12-23/h1-7,9-14,17-20,28H,8,15-16,21H2. The molecule has 0 N–H and O–H groups in total. The third kappa shape index (κ3) is 4.30. The lowest BCUT2D eigenvalue weighted by Gasteiger charge is -2.23. The summed E-state index contributed by atoms with van der Waals surface area (Å²) in [4.78, 5) is 27.5. The van der Waals surface area contributed by atoms with Crippen LogP contribution in [0, 0.1) is 5.82 Å². The predicted molar refractivity (Wildman–Crippen MR) is 145 cm³/mol. The highest BCUT2D eigenvalue weighted by molar-refractivity contribution is 6.09. The number of benzene rings is 4. The Labute approximate surface area is 220 Å². The van der Waals surface area contributed by atoms with E-state index in [1.165, 1.54) is 24.3 Å². The molecule has 188 valence electrons. The molecule has 4 nitrogen and oxygen atoms in total. The van der Waals surface area contributed by atoms with Crippen LogP contribution in [0.1, 0.15) is 45.9 Å². The zero-order valence-electron chi connectivity index (χ0n) is 20.8. The van der Waals surface area contributed by atoms with Crippen molar-refractivity contribution in [3.63, 3.8) is 0 Å². The average molecular weight is 504 g/mol. The van der Waals surface area contributed by atoms with Crippen molar-refractivity contribution in [2.45, 2.75) is 31.8 Å². The van der Waals surface area contributed by atoms with E-state index in [0.717, 1.165) is 45.3 Å². The Kier molecular flexibility index (Phi) is 6.34. The summed E-state index contributed by atoms with van der Waals surface area (Å²) >= 11 is 0. The van der Waals surface area contributed by atoms with Gasteiger partial charge in [-0.25, -0.2) is 4.39 Å². The van der Waals surface area contributed by atoms with E-state index < -0.39 is 11.7 Å². The number of aromatic nitrogens is 1. The van der Waals surface area contributed by atoms with Gasteiger partial charge in [0.15, 0.2) is 0 Å². The normalized spacial score (nSPS) is 14.7. The first-order chi connectivity index (χ1) is 18.6. The first kappa shape index (κ1) is 23.9. The molecule has 0 bridgehead atoms. The highest BCUT2D eigenvalue weighted by atomic mass is 19.1. The molecule has 38 heavy (non-hydrogen) atoms. The number of nitrogens with zero attached hydrogens (tertiary/aromatic N) is 1. The molecule has 1 aliphatic carbocycles. The summed E-state index contributed by atoms with van der Waals surface area (Å²) in [5, 5.41) is 0.873. The zero-order chi connectivity index (χ0) is 26.1. The lowest BCUT2D eigenvalue weighted by molar-refractivity contribution is -0.147. The molecule has 0 spiro atoms. The quantitative estimate of drug-likeness (QED) is 0.237. The number of para-hydroxylation sites is 1. The fraction of sp³-hybridized carbons (Fsp3) is 0.152. The van der Waals surface area contributed by atoms with Crippen LogP contribution in [-0.2, 0) is 22.6 Å². The second-order valence-electron chi connectivity index (χ2n) is 9.61. The predicted octanol–water partition coefficient (Wildman–Crippen LogP) is 7.30. The average Bonchev–Trinajstić information content (AvgIpc) is 3.31. The van der Waals surface area contributed by atoms with Gasteiger partial charge in [-0.05, 0) is 60.2 Å². The molecule has 1 atom stereocenters. The van der Waals surface area contributed by atoms with E-state index in [4.69, 9.17) is 4.74 Å². The van der Waals surface area contributed by atoms with Gasteiger partial charge < -0.3 is 4.74 Å². The van der Waals surface area contributed by atoms with Crippen molar-refractivity contribution >= 4 is 22.8 Å². The Morgan fingerprint density at radius 2 is 1.55 bits per heavy atom. The van der Waals surface area contributed by atoms with Gasteiger partial charge >= 0.3 is 5.97 Å². The van der Waals surface area contributed by atoms with E-state index in [1.54, 1.807) is 4.57 Å². The Balaban J connectivity index is 1.51. The third-order valence-corrected chi connectivity index (χ3v) is 7.27. The molecule has 0 saturated carbocycles. The zero-order valence-corrected chi connectivity index (χ0v) is 20.8. The summed E-state index contributed by atoms with van der Waals surface area (Å²) in [6, 6.07) is 31.1. The molecular formula is C33H26FNO3. The minimum Gasteiger partial charge on any atom is -0.460 e. The summed E-state index contributed by atoms with van der Waals surface area (Å²) in [7, 11) is 0. The number of hydrogen-bond acceptors (Lipinski definition) is 3. The van der Waals surface area contributed by atoms with Crippen molar-refractivity contribution < 1.29 is 18.7 Å². The van der Waals surface area contributed by atoms with Crippen LogP contribution in [0.3, 0.4) is 0 Å². The maximum atomic E-state index is 14.0. The molecule has 1 aromatic heterocycles. The van der Waals surface area contributed by atoms with Gasteiger partial charge in [-0.15, -0.1) is 0 Å². The molecule has 5 heteroatoms. The molecule has 6 rings (SSSR count). The number of rotatable bonds is 5. The van der Waals surface area contributed by atoms with Gasteiger partial charge in [0, 0.05) is 22.2 Å². The van der Waals surface area contributed by atoms with Gasteiger partial charge in [0.2, 0.25) is 0 Å². The first-order valence-electron chi connectivity index (χ1n) is 12.8. The van der Waals surface area contributed by atoms with Gasteiger partial charge in [0.1, 0.15) is 12.4 Å². The number of ether oxygens (including phenoxy) is 1. The molecular weight excluding hydrogens is 477 g/mol. The molecule has 0 fully saturated rings. The molecule has 4 aromatic carbocycles. The van der Waals surface area contributed by atoms with Crippen LogP contribution in [0.2, 0.25) is 0 Å². The van der Waals surface area contributed by atoms with E-state index >= 15 is 0 Å². The largest absolute Gasteiger partial charge is 0.460 e. The van der Waals surface area contributed by atoms with Crippen molar-refractivity contribution in [1.82, 2.24) is 4.57 Å². The van der Waals surface area contributed by atoms with Gasteiger partial charge in [-0.2, -0.15) is 0 Å². The molecule has 1 unspecified atom stereocenters. The van der Waals surface area contributed by atoms with Gasteiger partial charge in [-0.1, -0.05) is 78.9 Å². The van der Waals surface area contributed by atoms with Gasteiger partial charge in [-0.3, -0.25) is 14.2 Å². The van der Waals surface area contributed by atoms with Crippen molar-refractivity contribution in [2.75, 3.05) is 0 Å². The Hall–Kier alpha value is -4.51. The van der Waals surface area contributed by atoms with Crippen LogP contribution < -0.4 is 0 Å². The number of esters is 1. The number of hydrogen-bond donors (Lipinski definition) is 0. The van der Waals surface area contributed by atoms with Crippen LogP contribution >= 0.6 is 0 Å². The molecule has 1 aliphatic rings. The Morgan fingerprint density at radius 1 is 0.842 bits per heavy atom. The molecule has 0 radical (unpaired) electrons. The van der Waals surface area contributed by atoms with Crippen molar-refractivity contribution in [3.8, 4) is 11.1 Å². The van der Waals surface area contributed by atoms with E-state index in [1.807, 2.05) is 78.9 Å². The number of fused-ring (bicyclic) bond motifs is 3. The van der Waals surface area contributed by atoms with Crippen LogP contribution in [0.15, 0.2) is 103 Å². The molecule has 0 saturated heterocycles. The molecule has 0 aliphatic heterocycles. The monoisotopic (exact) mass is 503 g/mol. The number of carbonyl (C=O) groups is 2. The fourth-order valence-corrected chi connectivity index (χ4v) is 5.53. The molecule has 5 aromatic rings. The summed E-state index contributed by atoms with van der Waals surface area (Å²) < 4.78 is 21.2. The van der Waals surface area contributed by atoms with Crippen molar-refractivity contribution in [3.05, 3.63) is 131 Å². The van der Waals surface area contributed by atoms with Crippen molar-refractivity contribution in [1.29, 1.82) is 0 Å². The molecule has 1 heterocycles. The second-order valence-corrected chi connectivity index (χ2v) is 9.61. The van der Waals surface area contributed by atoms with Gasteiger partial charge in [0.05, 0.1) is 11.4 Å². The highest BCUT2D eigenvalue weighted by Gasteiger charge is 2.35. The maximum absolute atomic E-state index is 14.0. The lowest BCUT2D eigenvalue weighted by Crippen LogP contribution is -2.23. The van der Waals surface area contributed by atoms with Crippen LogP contribution in [0.25, 0.3) is 22.0 Å². The third-order valence-electron chi connectivity index (χ3n) is 7.27. The van der Waals surface area contributed by atoms with E-state index in [9.17, 15) is 14.0 Å². The van der Waals surface area contributed by atoms with Crippen LogP contribution in [0.5, 0.6) is 0 Å². The summed E-state index contributed by atoms with van der Waals surface area (Å²) in [6.45, 7) is 0.202. The fourth-order valence-electron chi connectivity index (χ4n) is 5.53. The van der Waals surface area contributed by atoms with Crippen molar-refractivity contribution in [2.24, 2.45) is 0 Å². The van der Waals surface area contributed by atoms with Gasteiger partial charge in [0.25, 0.3) is 5.91 Å².